The first-order valence-electron chi connectivity index (χ1n) is 5.56. The van der Waals surface area contributed by atoms with Gasteiger partial charge in [-0.3, -0.25) is 10.1 Å². The second kappa shape index (κ2) is 6.51. The lowest BCUT2D eigenvalue weighted by Gasteiger charge is -2.14. The summed E-state index contributed by atoms with van der Waals surface area (Å²) in [7, 11) is 1.95. The summed E-state index contributed by atoms with van der Waals surface area (Å²) in [6, 6.07) is 3.13. The van der Waals surface area contributed by atoms with E-state index in [1.54, 1.807) is 6.07 Å². The maximum Gasteiger partial charge on any atom is 0.328 e. The van der Waals surface area contributed by atoms with Crippen LogP contribution in [0.1, 0.15) is 12.5 Å². The van der Waals surface area contributed by atoms with Gasteiger partial charge >= 0.3 is 5.69 Å². The van der Waals surface area contributed by atoms with Crippen LogP contribution in [0.3, 0.4) is 0 Å². The number of pyridine rings is 1. The van der Waals surface area contributed by atoms with Crippen LogP contribution in [0.25, 0.3) is 0 Å². The van der Waals surface area contributed by atoms with Gasteiger partial charge in [-0.1, -0.05) is 6.92 Å². The number of anilines is 1. The lowest BCUT2D eigenvalue weighted by atomic mass is 10.2. The molecule has 1 rings (SSSR count). The van der Waals surface area contributed by atoms with Gasteiger partial charge in [-0.15, -0.1) is 0 Å². The summed E-state index contributed by atoms with van der Waals surface area (Å²) in [6.45, 7) is 4.20. The molecule has 1 N–H and O–H groups in total. The van der Waals surface area contributed by atoms with Gasteiger partial charge in [0.25, 0.3) is 0 Å². The fourth-order valence-electron chi connectivity index (χ4n) is 1.38. The molecular formula is C11H15N5O2. The van der Waals surface area contributed by atoms with E-state index in [9.17, 15) is 10.1 Å². The number of nitrogens with zero attached hydrogens (tertiary/aromatic N) is 4. The third-order valence-corrected chi connectivity index (χ3v) is 2.55. The fraction of sp³-hybridized carbons (Fsp3) is 0.455. The van der Waals surface area contributed by atoms with E-state index < -0.39 is 4.92 Å². The molecule has 0 atom stereocenters. The van der Waals surface area contributed by atoms with Gasteiger partial charge in [0.15, 0.2) is 0 Å². The number of aromatic nitrogens is 1. The summed E-state index contributed by atoms with van der Waals surface area (Å²) >= 11 is 0. The first kappa shape index (κ1) is 13.9. The Morgan fingerprint density at radius 3 is 2.94 bits per heavy atom. The molecule has 0 saturated heterocycles. The highest BCUT2D eigenvalue weighted by atomic mass is 16.6. The molecule has 0 radical (unpaired) electrons. The van der Waals surface area contributed by atoms with E-state index in [2.05, 4.69) is 15.2 Å². The molecule has 0 aliphatic carbocycles. The van der Waals surface area contributed by atoms with Crippen molar-refractivity contribution in [2.45, 2.75) is 6.92 Å². The molecule has 0 fully saturated rings. The number of hydrogen-bond acceptors (Lipinski definition) is 6. The van der Waals surface area contributed by atoms with Crippen molar-refractivity contribution in [1.29, 1.82) is 5.26 Å². The van der Waals surface area contributed by atoms with Crippen molar-refractivity contribution < 1.29 is 4.92 Å². The van der Waals surface area contributed by atoms with Gasteiger partial charge in [-0.05, 0) is 19.7 Å². The normalized spacial score (nSPS) is 10.1. The molecule has 1 aromatic rings. The molecule has 0 spiro atoms. The molecule has 18 heavy (non-hydrogen) atoms. The van der Waals surface area contributed by atoms with Crippen LogP contribution in [0.15, 0.2) is 12.3 Å². The topological polar surface area (TPSA) is 95.1 Å². The Morgan fingerprint density at radius 1 is 1.67 bits per heavy atom. The van der Waals surface area contributed by atoms with Gasteiger partial charge in [-0.25, -0.2) is 4.98 Å². The second-order valence-electron chi connectivity index (χ2n) is 3.75. The molecule has 0 unspecified atom stereocenters. The number of rotatable bonds is 6. The van der Waals surface area contributed by atoms with E-state index in [4.69, 9.17) is 5.26 Å². The Kier molecular flexibility index (Phi) is 5.02. The summed E-state index contributed by atoms with van der Waals surface area (Å²) in [5, 5.41) is 22.6. The molecular weight excluding hydrogens is 234 g/mol. The largest absolute Gasteiger partial charge is 0.363 e. The van der Waals surface area contributed by atoms with Gasteiger partial charge in [-0.2, -0.15) is 5.26 Å². The lowest BCUT2D eigenvalue weighted by Crippen LogP contribution is -2.25. The molecule has 0 aliphatic heterocycles. The molecule has 0 aliphatic rings. The number of likely N-dealkylation sites (N-methyl/N-ethyl adjacent to an activating group) is 1. The summed E-state index contributed by atoms with van der Waals surface area (Å²) < 4.78 is 0. The monoisotopic (exact) mass is 249 g/mol. The van der Waals surface area contributed by atoms with Crippen molar-refractivity contribution in [2.75, 3.05) is 32.0 Å². The standard InChI is InChI=1S/C11H15N5O2/c1-3-15(2)7-6-14-11-10(16(17)18)9(8-12)4-5-13-11/h4-5H,3,6-7H2,1-2H3,(H,13,14). The first-order valence-corrected chi connectivity index (χ1v) is 5.56. The zero-order valence-electron chi connectivity index (χ0n) is 10.4. The maximum atomic E-state index is 10.9. The lowest BCUT2D eigenvalue weighted by molar-refractivity contribution is -0.384. The van der Waals surface area contributed by atoms with Crippen molar-refractivity contribution >= 4 is 11.5 Å². The minimum atomic E-state index is -0.586. The van der Waals surface area contributed by atoms with E-state index in [-0.39, 0.29) is 17.1 Å². The summed E-state index contributed by atoms with van der Waals surface area (Å²) in [6.07, 6.45) is 1.39. The van der Waals surface area contributed by atoms with Gasteiger partial charge in [0.1, 0.15) is 11.6 Å². The predicted octanol–water partition coefficient (Wildman–Crippen LogP) is 1.23. The number of nitriles is 1. The van der Waals surface area contributed by atoms with Crippen LogP contribution in [-0.2, 0) is 0 Å². The Hall–Kier alpha value is -2.20. The highest BCUT2D eigenvalue weighted by Gasteiger charge is 2.20. The minimum Gasteiger partial charge on any atom is -0.363 e. The maximum absolute atomic E-state index is 10.9. The van der Waals surface area contributed by atoms with Crippen LogP contribution in [0.5, 0.6) is 0 Å². The Morgan fingerprint density at radius 2 is 2.39 bits per heavy atom. The quantitative estimate of drug-likeness (QED) is 0.601. The van der Waals surface area contributed by atoms with Crippen LogP contribution in [0.4, 0.5) is 11.5 Å². The molecule has 0 saturated carbocycles. The van der Waals surface area contributed by atoms with Crippen molar-refractivity contribution in [3.8, 4) is 6.07 Å². The van der Waals surface area contributed by atoms with E-state index in [1.165, 1.54) is 12.3 Å². The van der Waals surface area contributed by atoms with Gasteiger partial charge in [0.2, 0.25) is 5.82 Å². The summed E-state index contributed by atoms with van der Waals surface area (Å²) in [5.74, 6) is 0.142. The highest BCUT2D eigenvalue weighted by molar-refractivity contribution is 5.63. The van der Waals surface area contributed by atoms with Crippen LogP contribution in [0, 0.1) is 21.4 Å². The van der Waals surface area contributed by atoms with Gasteiger partial charge < -0.3 is 10.2 Å². The van der Waals surface area contributed by atoms with E-state index in [0.29, 0.717) is 6.54 Å². The fourth-order valence-corrected chi connectivity index (χ4v) is 1.38. The van der Waals surface area contributed by atoms with Crippen molar-refractivity contribution in [3.63, 3.8) is 0 Å². The third-order valence-electron chi connectivity index (χ3n) is 2.55. The molecule has 7 heteroatoms. The molecule has 96 valence electrons. The zero-order chi connectivity index (χ0) is 13.5. The Balaban J connectivity index is 2.83. The van der Waals surface area contributed by atoms with E-state index in [1.807, 2.05) is 14.0 Å². The van der Waals surface area contributed by atoms with Gasteiger partial charge in [0, 0.05) is 19.3 Å². The van der Waals surface area contributed by atoms with Crippen LogP contribution in [-0.4, -0.2) is 41.5 Å². The van der Waals surface area contributed by atoms with Crippen molar-refractivity contribution in [1.82, 2.24) is 9.88 Å². The predicted molar refractivity (Wildman–Crippen MR) is 67.3 cm³/mol. The Bertz CT molecular complexity index is 469. The summed E-state index contributed by atoms with van der Waals surface area (Å²) in [5.41, 5.74) is -0.250. The van der Waals surface area contributed by atoms with E-state index in [0.717, 1.165) is 13.1 Å². The van der Waals surface area contributed by atoms with E-state index >= 15 is 0 Å². The molecule has 7 nitrogen and oxygen atoms in total. The molecule has 1 aromatic heterocycles. The Labute approximate surface area is 105 Å². The highest BCUT2D eigenvalue weighted by Crippen LogP contribution is 2.25. The van der Waals surface area contributed by atoms with Crippen LogP contribution >= 0.6 is 0 Å². The molecule has 0 amide bonds. The molecule has 1 heterocycles. The third kappa shape index (κ3) is 3.40. The number of nitrogens with one attached hydrogen (secondary N) is 1. The second-order valence-corrected chi connectivity index (χ2v) is 3.75. The zero-order valence-corrected chi connectivity index (χ0v) is 10.4. The number of hydrogen-bond donors (Lipinski definition) is 1. The van der Waals surface area contributed by atoms with Crippen molar-refractivity contribution in [3.05, 3.63) is 27.9 Å². The average molecular weight is 249 g/mol. The first-order chi connectivity index (χ1) is 8.60. The van der Waals surface area contributed by atoms with Crippen LogP contribution < -0.4 is 5.32 Å². The van der Waals surface area contributed by atoms with Crippen molar-refractivity contribution in [2.24, 2.45) is 0 Å². The summed E-state index contributed by atoms with van der Waals surface area (Å²) in [4.78, 5) is 16.3. The number of nitro groups is 1. The average Bonchev–Trinajstić information content (AvgIpc) is 2.37. The minimum absolute atomic E-state index is 0.0151. The molecule has 0 aromatic carbocycles. The SMILES string of the molecule is CCN(C)CCNc1nccc(C#N)c1[N+](=O)[O-]. The molecule has 0 bridgehead atoms. The smallest absolute Gasteiger partial charge is 0.328 e. The van der Waals surface area contributed by atoms with Crippen LogP contribution in [0.2, 0.25) is 0 Å². The van der Waals surface area contributed by atoms with Gasteiger partial charge in [0.05, 0.1) is 4.92 Å².